The molecule has 0 aromatic carbocycles. The first kappa shape index (κ1) is 14.5. The first-order valence-electron chi connectivity index (χ1n) is 7.61. The molecule has 2 aromatic heterocycles. The van der Waals surface area contributed by atoms with Crippen molar-refractivity contribution in [2.24, 2.45) is 7.05 Å². The molecule has 112 valence electrons. The van der Waals surface area contributed by atoms with Crippen LogP contribution in [0.25, 0.3) is 6.08 Å². The average Bonchev–Trinajstić information content (AvgIpc) is 3.08. The van der Waals surface area contributed by atoms with Gasteiger partial charge in [0.1, 0.15) is 12.2 Å². The number of aromatic nitrogens is 3. The summed E-state index contributed by atoms with van der Waals surface area (Å²) in [6.45, 7) is 2.03. The largest absolute Gasteiger partial charge is 0.320 e. The van der Waals surface area contributed by atoms with E-state index < -0.39 is 0 Å². The summed E-state index contributed by atoms with van der Waals surface area (Å²) < 4.78 is 2.02. The van der Waals surface area contributed by atoms with E-state index in [1.807, 2.05) is 11.6 Å². The summed E-state index contributed by atoms with van der Waals surface area (Å²) in [5.41, 5.74) is 0. The van der Waals surface area contributed by atoms with Crippen molar-refractivity contribution in [3.05, 3.63) is 40.6 Å². The zero-order valence-corrected chi connectivity index (χ0v) is 13.3. The highest BCUT2D eigenvalue weighted by Crippen LogP contribution is 2.21. The summed E-state index contributed by atoms with van der Waals surface area (Å²) in [7, 11) is 2.02. The number of nitrogens with zero attached hydrogens (tertiary/aromatic N) is 4. The molecular formula is C16H22N4S. The van der Waals surface area contributed by atoms with Crippen LogP contribution in [-0.4, -0.2) is 32.3 Å². The lowest BCUT2D eigenvalue weighted by Crippen LogP contribution is -2.33. The molecule has 0 radical (unpaired) electrons. The van der Waals surface area contributed by atoms with Crippen LogP contribution < -0.4 is 0 Å². The molecule has 0 aliphatic carbocycles. The van der Waals surface area contributed by atoms with E-state index in [2.05, 4.69) is 44.8 Å². The maximum Gasteiger partial charge on any atom is 0.146 e. The van der Waals surface area contributed by atoms with Crippen LogP contribution in [0.1, 0.15) is 36.4 Å². The Morgan fingerprint density at radius 3 is 3.10 bits per heavy atom. The second-order valence-corrected chi connectivity index (χ2v) is 6.60. The van der Waals surface area contributed by atoms with Crippen molar-refractivity contribution >= 4 is 17.4 Å². The van der Waals surface area contributed by atoms with Gasteiger partial charge >= 0.3 is 0 Å². The van der Waals surface area contributed by atoms with Crippen LogP contribution in [0.5, 0.6) is 0 Å². The summed E-state index contributed by atoms with van der Waals surface area (Å²) in [5.74, 6) is 1.05. The molecule has 0 bridgehead atoms. The third kappa shape index (κ3) is 3.80. The van der Waals surface area contributed by atoms with Gasteiger partial charge in [0.25, 0.3) is 0 Å². The van der Waals surface area contributed by atoms with Crippen LogP contribution in [0.2, 0.25) is 0 Å². The van der Waals surface area contributed by atoms with E-state index in [4.69, 9.17) is 0 Å². The van der Waals surface area contributed by atoms with E-state index in [1.54, 1.807) is 17.7 Å². The number of hydrogen-bond donors (Lipinski definition) is 0. The predicted octanol–water partition coefficient (Wildman–Crippen LogP) is 3.33. The lowest BCUT2D eigenvalue weighted by molar-refractivity contribution is 0.218. The fourth-order valence-electron chi connectivity index (χ4n) is 2.83. The molecule has 1 atom stereocenters. The maximum absolute atomic E-state index is 4.23. The van der Waals surface area contributed by atoms with E-state index in [-0.39, 0.29) is 0 Å². The van der Waals surface area contributed by atoms with Gasteiger partial charge in [-0.3, -0.25) is 4.90 Å². The van der Waals surface area contributed by atoms with Crippen LogP contribution >= 0.6 is 11.3 Å². The quantitative estimate of drug-likeness (QED) is 0.868. The topological polar surface area (TPSA) is 34.0 Å². The molecular weight excluding hydrogens is 280 g/mol. The Hall–Kier alpha value is -1.46. The van der Waals surface area contributed by atoms with Crippen molar-refractivity contribution in [1.29, 1.82) is 0 Å². The summed E-state index contributed by atoms with van der Waals surface area (Å²) >= 11 is 1.79. The summed E-state index contributed by atoms with van der Waals surface area (Å²) in [4.78, 5) is 3.87. The maximum atomic E-state index is 4.23. The first-order valence-corrected chi connectivity index (χ1v) is 8.49. The predicted molar refractivity (Wildman–Crippen MR) is 87.0 cm³/mol. The van der Waals surface area contributed by atoms with Gasteiger partial charge in [-0.15, -0.1) is 21.5 Å². The molecule has 1 aliphatic rings. The molecule has 21 heavy (non-hydrogen) atoms. The second-order valence-electron chi connectivity index (χ2n) is 5.62. The number of hydrogen-bond acceptors (Lipinski definition) is 4. The molecule has 1 unspecified atom stereocenters. The van der Waals surface area contributed by atoms with Gasteiger partial charge in [0.15, 0.2) is 0 Å². The highest BCUT2D eigenvalue weighted by Gasteiger charge is 2.20. The minimum Gasteiger partial charge on any atom is -0.320 e. The Bertz CT molecular complexity index is 573. The Balaban J connectivity index is 1.72. The van der Waals surface area contributed by atoms with Crippen LogP contribution in [0.15, 0.2) is 29.9 Å². The fraction of sp³-hybridized carbons (Fsp3) is 0.500. The Morgan fingerprint density at radius 1 is 1.38 bits per heavy atom. The van der Waals surface area contributed by atoms with Crippen LogP contribution in [0.3, 0.4) is 0 Å². The van der Waals surface area contributed by atoms with E-state index >= 15 is 0 Å². The van der Waals surface area contributed by atoms with Crippen molar-refractivity contribution in [3.8, 4) is 0 Å². The van der Waals surface area contributed by atoms with Gasteiger partial charge in [0.05, 0.1) is 6.54 Å². The molecule has 0 amide bonds. The van der Waals surface area contributed by atoms with E-state index in [0.717, 1.165) is 18.9 Å². The molecule has 1 fully saturated rings. The van der Waals surface area contributed by atoms with E-state index in [1.165, 1.54) is 30.6 Å². The molecule has 3 heterocycles. The number of rotatable bonds is 4. The van der Waals surface area contributed by atoms with E-state index in [9.17, 15) is 0 Å². The first-order chi connectivity index (χ1) is 10.3. The van der Waals surface area contributed by atoms with Crippen molar-refractivity contribution in [2.45, 2.75) is 38.3 Å². The van der Waals surface area contributed by atoms with Crippen molar-refractivity contribution < 1.29 is 0 Å². The molecule has 5 heteroatoms. The SMILES string of the molecule is Cn1cnnc1CN1CCCCCC1C=Cc1cccs1. The number of thiophene rings is 1. The van der Waals surface area contributed by atoms with E-state index in [0.29, 0.717) is 6.04 Å². The molecule has 0 spiro atoms. The minimum atomic E-state index is 0.506. The number of aryl methyl sites for hydroxylation is 1. The van der Waals surface area contributed by atoms with Gasteiger partial charge in [-0.1, -0.05) is 25.0 Å². The van der Waals surface area contributed by atoms with Crippen LogP contribution in [0, 0.1) is 0 Å². The van der Waals surface area contributed by atoms with Crippen LogP contribution in [0.4, 0.5) is 0 Å². The third-order valence-electron chi connectivity index (χ3n) is 4.09. The Labute approximate surface area is 130 Å². The summed E-state index contributed by atoms with van der Waals surface area (Å²) in [5, 5.41) is 10.4. The Kier molecular flexibility index (Phi) is 4.83. The lowest BCUT2D eigenvalue weighted by atomic mass is 10.1. The standard InChI is InChI=1S/C16H22N4S/c1-19-13-17-18-16(19)12-20-10-4-2-3-6-14(20)8-9-15-7-5-11-21-15/h5,7-9,11,13-14H,2-4,6,10,12H2,1H3. The van der Waals surface area contributed by atoms with Crippen LogP contribution in [-0.2, 0) is 13.6 Å². The smallest absolute Gasteiger partial charge is 0.146 e. The molecule has 0 N–H and O–H groups in total. The molecule has 3 rings (SSSR count). The van der Waals surface area contributed by atoms with Gasteiger partial charge in [-0.05, 0) is 36.9 Å². The van der Waals surface area contributed by atoms with Crippen molar-refractivity contribution in [3.63, 3.8) is 0 Å². The van der Waals surface area contributed by atoms with Gasteiger partial charge in [0.2, 0.25) is 0 Å². The molecule has 1 saturated heterocycles. The molecule has 1 aliphatic heterocycles. The average molecular weight is 302 g/mol. The molecule has 2 aromatic rings. The highest BCUT2D eigenvalue weighted by atomic mass is 32.1. The molecule has 0 saturated carbocycles. The number of likely N-dealkylation sites (tertiary alicyclic amines) is 1. The van der Waals surface area contributed by atoms with Crippen molar-refractivity contribution in [2.75, 3.05) is 6.54 Å². The monoisotopic (exact) mass is 302 g/mol. The normalized spacial score (nSPS) is 20.9. The lowest BCUT2D eigenvalue weighted by Gasteiger charge is -2.27. The Morgan fingerprint density at radius 2 is 2.33 bits per heavy atom. The highest BCUT2D eigenvalue weighted by molar-refractivity contribution is 7.10. The zero-order valence-electron chi connectivity index (χ0n) is 12.5. The summed E-state index contributed by atoms with van der Waals surface area (Å²) in [6, 6.07) is 4.78. The second kappa shape index (κ2) is 7.00. The third-order valence-corrected chi connectivity index (χ3v) is 4.93. The van der Waals surface area contributed by atoms with Crippen molar-refractivity contribution in [1.82, 2.24) is 19.7 Å². The molecule has 4 nitrogen and oxygen atoms in total. The van der Waals surface area contributed by atoms with Gasteiger partial charge in [-0.25, -0.2) is 0 Å². The minimum absolute atomic E-state index is 0.506. The van der Waals surface area contributed by atoms with Gasteiger partial charge < -0.3 is 4.57 Å². The fourth-order valence-corrected chi connectivity index (χ4v) is 3.46. The van der Waals surface area contributed by atoms with Gasteiger partial charge in [0, 0.05) is 18.0 Å². The zero-order chi connectivity index (χ0) is 14.5. The van der Waals surface area contributed by atoms with Gasteiger partial charge in [-0.2, -0.15) is 0 Å². The summed E-state index contributed by atoms with van der Waals surface area (Å²) in [6.07, 6.45) is 11.6.